The number of carbonyl (C=O) groups excluding carboxylic acids is 1. The molecule has 154 valence electrons. The Morgan fingerprint density at radius 3 is 2.17 bits per heavy atom. The molecule has 2 aromatic carbocycles. The second-order valence-electron chi connectivity index (χ2n) is 7.50. The maximum Gasteiger partial charge on any atom is 0.310 e. The van der Waals surface area contributed by atoms with Gasteiger partial charge in [0, 0.05) is 23.7 Å². The van der Waals surface area contributed by atoms with Gasteiger partial charge in [0.2, 0.25) is 0 Å². The minimum absolute atomic E-state index is 0.0656. The van der Waals surface area contributed by atoms with Crippen LogP contribution in [0.5, 0.6) is 0 Å². The van der Waals surface area contributed by atoms with Gasteiger partial charge >= 0.3 is 5.97 Å². The van der Waals surface area contributed by atoms with Crippen molar-refractivity contribution in [3.8, 4) is 0 Å². The van der Waals surface area contributed by atoms with E-state index in [4.69, 9.17) is 9.57 Å². The fraction of sp³-hybridized carbons (Fsp3) is 0.417. The van der Waals surface area contributed by atoms with E-state index in [-0.39, 0.29) is 17.9 Å². The van der Waals surface area contributed by atoms with E-state index in [0.29, 0.717) is 19.8 Å². The van der Waals surface area contributed by atoms with Crippen LogP contribution >= 0.6 is 0 Å². The Balaban J connectivity index is 1.68. The minimum atomic E-state index is -0.112. The van der Waals surface area contributed by atoms with Crippen LogP contribution in [0, 0.1) is 19.8 Å². The maximum atomic E-state index is 11.9. The normalized spacial score (nSPS) is 18.7. The molecule has 1 heterocycles. The molecule has 0 unspecified atom stereocenters. The number of nitrogens with zero attached hydrogens (tertiary/aromatic N) is 1. The van der Waals surface area contributed by atoms with Crippen molar-refractivity contribution in [2.45, 2.75) is 39.7 Å². The van der Waals surface area contributed by atoms with Crippen molar-refractivity contribution in [2.75, 3.05) is 19.8 Å². The highest BCUT2D eigenvalue weighted by molar-refractivity contribution is 6.14. The van der Waals surface area contributed by atoms with Crippen LogP contribution in [-0.2, 0) is 14.4 Å². The van der Waals surface area contributed by atoms with E-state index < -0.39 is 0 Å². The van der Waals surface area contributed by atoms with Crippen LogP contribution < -0.4 is 5.32 Å². The summed E-state index contributed by atoms with van der Waals surface area (Å²) in [5.41, 5.74) is 5.31. The van der Waals surface area contributed by atoms with Crippen molar-refractivity contribution in [3.05, 3.63) is 70.8 Å². The number of benzene rings is 2. The van der Waals surface area contributed by atoms with Crippen LogP contribution in [0.25, 0.3) is 0 Å². The van der Waals surface area contributed by atoms with Gasteiger partial charge in [-0.3, -0.25) is 4.79 Å². The number of piperidine rings is 1. The predicted octanol–water partition coefficient (Wildman–Crippen LogP) is 4.00. The minimum Gasteiger partial charge on any atom is -0.466 e. The summed E-state index contributed by atoms with van der Waals surface area (Å²) in [4.78, 5) is 17.7. The standard InChI is InChI=1S/C24H30N2O3/c1-4-28-24(27)19-13-14-20(25-15-19)16-29-26-23(21-11-7-5-9-17(21)2)22-12-8-6-10-18(22)3/h5-12,19-20,25H,4,13-16H2,1-3H3/t19-,20+/m1/s1. The summed E-state index contributed by atoms with van der Waals surface area (Å²) >= 11 is 0. The first-order valence-corrected chi connectivity index (χ1v) is 10.3. The van der Waals surface area contributed by atoms with Gasteiger partial charge in [0.25, 0.3) is 0 Å². The van der Waals surface area contributed by atoms with Crippen LogP contribution in [-0.4, -0.2) is 37.5 Å². The number of hydrogen-bond acceptors (Lipinski definition) is 5. The van der Waals surface area contributed by atoms with E-state index >= 15 is 0 Å². The molecule has 2 aromatic rings. The van der Waals surface area contributed by atoms with Crippen molar-refractivity contribution in [3.63, 3.8) is 0 Å². The van der Waals surface area contributed by atoms with Crippen molar-refractivity contribution < 1.29 is 14.4 Å². The molecule has 0 aromatic heterocycles. The van der Waals surface area contributed by atoms with E-state index in [9.17, 15) is 4.79 Å². The largest absolute Gasteiger partial charge is 0.466 e. The third-order valence-electron chi connectivity index (χ3n) is 5.37. The van der Waals surface area contributed by atoms with Crippen LogP contribution in [0.2, 0.25) is 0 Å². The molecular weight excluding hydrogens is 364 g/mol. The first kappa shape index (κ1) is 21.1. The highest BCUT2D eigenvalue weighted by Crippen LogP contribution is 2.19. The van der Waals surface area contributed by atoms with Crippen molar-refractivity contribution in [1.82, 2.24) is 5.32 Å². The fourth-order valence-electron chi connectivity index (χ4n) is 3.63. The third kappa shape index (κ3) is 5.45. The van der Waals surface area contributed by atoms with E-state index in [1.54, 1.807) is 0 Å². The van der Waals surface area contributed by atoms with E-state index in [1.165, 1.54) is 0 Å². The Labute approximate surface area is 173 Å². The summed E-state index contributed by atoms with van der Waals surface area (Å²) in [6.07, 6.45) is 1.68. The Bertz CT molecular complexity index is 807. The lowest BCUT2D eigenvalue weighted by Crippen LogP contribution is -2.44. The number of aryl methyl sites for hydroxylation is 2. The quantitative estimate of drug-likeness (QED) is 0.438. The number of nitrogens with one attached hydrogen (secondary N) is 1. The van der Waals surface area contributed by atoms with Gasteiger partial charge in [-0.2, -0.15) is 0 Å². The molecule has 1 fully saturated rings. The molecule has 0 aliphatic carbocycles. The number of carbonyl (C=O) groups is 1. The van der Waals surface area contributed by atoms with Gasteiger partial charge in [0.1, 0.15) is 12.3 Å². The van der Waals surface area contributed by atoms with Gasteiger partial charge in [-0.05, 0) is 44.7 Å². The number of hydrogen-bond donors (Lipinski definition) is 1. The van der Waals surface area contributed by atoms with Gasteiger partial charge in [-0.1, -0.05) is 53.7 Å². The molecule has 5 heteroatoms. The summed E-state index contributed by atoms with van der Waals surface area (Å²) in [7, 11) is 0. The molecule has 0 saturated carbocycles. The summed E-state index contributed by atoms with van der Waals surface area (Å²) < 4.78 is 5.12. The molecule has 3 rings (SSSR count). The SMILES string of the molecule is CCOC(=O)[C@@H]1CC[C@@H](CON=C(c2ccccc2C)c2ccccc2C)NC1. The highest BCUT2D eigenvalue weighted by atomic mass is 16.6. The number of oxime groups is 1. The zero-order valence-electron chi connectivity index (χ0n) is 17.5. The van der Waals surface area contributed by atoms with Crippen molar-refractivity contribution in [1.29, 1.82) is 0 Å². The molecule has 0 radical (unpaired) electrons. The second-order valence-corrected chi connectivity index (χ2v) is 7.50. The van der Waals surface area contributed by atoms with Gasteiger partial charge < -0.3 is 14.9 Å². The molecule has 1 aliphatic rings. The van der Waals surface area contributed by atoms with Crippen LogP contribution in [0.1, 0.15) is 42.0 Å². The lowest BCUT2D eigenvalue weighted by atomic mass is 9.95. The molecule has 2 atom stereocenters. The summed E-state index contributed by atoms with van der Waals surface area (Å²) in [6, 6.07) is 16.6. The van der Waals surface area contributed by atoms with Gasteiger partial charge in [-0.25, -0.2) is 0 Å². The smallest absolute Gasteiger partial charge is 0.310 e. The Hall–Kier alpha value is -2.66. The van der Waals surface area contributed by atoms with Gasteiger partial charge in [0.05, 0.1) is 12.5 Å². The van der Waals surface area contributed by atoms with Crippen LogP contribution in [0.15, 0.2) is 53.7 Å². The first-order chi connectivity index (χ1) is 14.1. The Morgan fingerprint density at radius 2 is 1.66 bits per heavy atom. The fourth-order valence-corrected chi connectivity index (χ4v) is 3.63. The van der Waals surface area contributed by atoms with Crippen LogP contribution in [0.3, 0.4) is 0 Å². The second kappa shape index (κ2) is 10.2. The highest BCUT2D eigenvalue weighted by Gasteiger charge is 2.27. The van der Waals surface area contributed by atoms with E-state index in [0.717, 1.165) is 40.8 Å². The number of rotatable bonds is 7. The predicted molar refractivity (Wildman–Crippen MR) is 115 cm³/mol. The topological polar surface area (TPSA) is 59.9 Å². The number of esters is 1. The molecule has 0 amide bonds. The average Bonchev–Trinajstić information content (AvgIpc) is 2.73. The molecule has 1 N–H and O–H groups in total. The maximum absolute atomic E-state index is 11.9. The van der Waals surface area contributed by atoms with Gasteiger partial charge in [0.15, 0.2) is 0 Å². The monoisotopic (exact) mass is 394 g/mol. The van der Waals surface area contributed by atoms with E-state index in [2.05, 4.69) is 48.6 Å². The zero-order valence-corrected chi connectivity index (χ0v) is 17.5. The molecule has 0 bridgehead atoms. The summed E-state index contributed by atoms with van der Waals surface area (Å²) in [5.74, 6) is -0.178. The molecule has 29 heavy (non-hydrogen) atoms. The Kier molecular flexibility index (Phi) is 7.42. The molecule has 5 nitrogen and oxygen atoms in total. The third-order valence-corrected chi connectivity index (χ3v) is 5.37. The summed E-state index contributed by atoms with van der Waals surface area (Å²) in [6.45, 7) is 7.53. The van der Waals surface area contributed by atoms with Crippen molar-refractivity contribution >= 4 is 11.7 Å². The van der Waals surface area contributed by atoms with Gasteiger partial charge in [-0.15, -0.1) is 0 Å². The van der Waals surface area contributed by atoms with Crippen LogP contribution in [0.4, 0.5) is 0 Å². The zero-order chi connectivity index (χ0) is 20.6. The lowest BCUT2D eigenvalue weighted by Gasteiger charge is -2.27. The average molecular weight is 395 g/mol. The lowest BCUT2D eigenvalue weighted by molar-refractivity contribution is -0.148. The van der Waals surface area contributed by atoms with E-state index in [1.807, 2.05) is 31.2 Å². The first-order valence-electron chi connectivity index (χ1n) is 10.3. The Morgan fingerprint density at radius 1 is 1.03 bits per heavy atom. The molecule has 1 saturated heterocycles. The number of ether oxygens (including phenoxy) is 1. The van der Waals surface area contributed by atoms with Crippen molar-refractivity contribution in [2.24, 2.45) is 11.1 Å². The summed E-state index contributed by atoms with van der Waals surface area (Å²) in [5, 5.41) is 7.94. The molecule has 1 aliphatic heterocycles. The molecular formula is C24H30N2O3. The molecule has 0 spiro atoms.